The first-order chi connectivity index (χ1) is 8.39. The number of hydrogen-bond acceptors (Lipinski definition) is 2. The van der Waals surface area contributed by atoms with Crippen molar-refractivity contribution in [3.8, 4) is 16.9 Å². The number of ether oxygens (including phenoxy) is 1. The van der Waals surface area contributed by atoms with Crippen molar-refractivity contribution >= 4 is 28.6 Å². The van der Waals surface area contributed by atoms with Crippen LogP contribution in [0, 0.1) is 8.99 Å². The lowest BCUT2D eigenvalue weighted by Gasteiger charge is -2.16. The van der Waals surface area contributed by atoms with E-state index in [2.05, 4.69) is 22.6 Å². The molecule has 0 aliphatic heterocycles. The number of rotatable bonds is 1. The number of esters is 1. The summed E-state index contributed by atoms with van der Waals surface area (Å²) < 4.78 is 6.63. The van der Waals surface area contributed by atoms with Crippen LogP contribution in [0.5, 0.6) is 5.75 Å². The summed E-state index contributed by atoms with van der Waals surface area (Å²) in [6, 6.07) is 11.8. The van der Waals surface area contributed by atoms with Gasteiger partial charge in [-0.25, -0.2) is 0 Å². The lowest BCUT2D eigenvalue weighted by Crippen LogP contribution is -2.25. The van der Waals surface area contributed by atoms with Crippen LogP contribution < -0.4 is 4.74 Å². The molecule has 0 amide bonds. The molecule has 94 valence electrons. The van der Waals surface area contributed by atoms with Gasteiger partial charge in [-0.1, -0.05) is 18.2 Å². The van der Waals surface area contributed by atoms with Crippen LogP contribution in [0.4, 0.5) is 0 Å². The van der Waals surface area contributed by atoms with Crippen molar-refractivity contribution in [2.45, 2.75) is 20.8 Å². The predicted octanol–water partition coefficient (Wildman–Crippen LogP) is 4.35. The average molecular weight is 354 g/mol. The maximum atomic E-state index is 11.9. The van der Waals surface area contributed by atoms with E-state index in [1.54, 1.807) is 0 Å². The molecule has 0 saturated carbocycles. The Kier molecular flexibility index (Phi) is 3.61. The van der Waals surface area contributed by atoms with Gasteiger partial charge >= 0.3 is 5.97 Å². The van der Waals surface area contributed by atoms with E-state index < -0.39 is 5.41 Å². The van der Waals surface area contributed by atoms with Gasteiger partial charge in [-0.15, -0.1) is 0 Å². The molecule has 0 N–H and O–H groups in total. The molecule has 2 aliphatic carbocycles. The molecule has 0 bridgehead atoms. The van der Waals surface area contributed by atoms with E-state index in [-0.39, 0.29) is 5.97 Å². The van der Waals surface area contributed by atoms with Crippen LogP contribution in [0.1, 0.15) is 20.8 Å². The highest BCUT2D eigenvalue weighted by Crippen LogP contribution is 2.37. The smallest absolute Gasteiger partial charge is 0.316 e. The van der Waals surface area contributed by atoms with Gasteiger partial charge in [0, 0.05) is 9.13 Å². The van der Waals surface area contributed by atoms with Gasteiger partial charge in [0.05, 0.1) is 5.41 Å². The Hall–Kier alpha value is -1.10. The number of carbonyl (C=O) groups excluding carboxylic acids is 1. The average Bonchev–Trinajstić information content (AvgIpc) is 2.56. The molecule has 0 fully saturated rings. The highest BCUT2D eigenvalue weighted by Gasteiger charge is 2.25. The summed E-state index contributed by atoms with van der Waals surface area (Å²) in [5.41, 5.74) is 1.59. The first-order valence-corrected chi connectivity index (χ1v) is 6.87. The molecule has 2 aliphatic rings. The summed E-state index contributed by atoms with van der Waals surface area (Å²) in [5, 5.41) is 0. The van der Waals surface area contributed by atoms with Crippen LogP contribution >= 0.6 is 22.6 Å². The van der Waals surface area contributed by atoms with Crippen LogP contribution in [0.15, 0.2) is 36.4 Å². The second kappa shape index (κ2) is 4.88. The van der Waals surface area contributed by atoms with Gasteiger partial charge in [-0.3, -0.25) is 4.79 Å². The second-order valence-electron chi connectivity index (χ2n) is 5.23. The zero-order valence-corrected chi connectivity index (χ0v) is 12.8. The molecular formula is C15H15IO2. The third-order valence-corrected chi connectivity index (χ3v) is 3.59. The number of halogens is 1. The Morgan fingerprint density at radius 1 is 1.06 bits per heavy atom. The molecular weight excluding hydrogens is 339 g/mol. The summed E-state index contributed by atoms with van der Waals surface area (Å²) in [4.78, 5) is 11.9. The lowest BCUT2D eigenvalue weighted by molar-refractivity contribution is -0.142. The summed E-state index contributed by atoms with van der Waals surface area (Å²) in [7, 11) is 0. The molecule has 2 nitrogen and oxygen atoms in total. The molecule has 18 heavy (non-hydrogen) atoms. The molecule has 3 heteroatoms. The quantitative estimate of drug-likeness (QED) is 0.562. The fourth-order valence-electron chi connectivity index (χ4n) is 1.58. The molecule has 0 atom stereocenters. The normalized spacial score (nSPS) is 11.6. The van der Waals surface area contributed by atoms with Crippen molar-refractivity contribution in [3.05, 3.63) is 40.0 Å². The van der Waals surface area contributed by atoms with E-state index in [0.717, 1.165) is 14.7 Å². The molecule has 0 saturated heterocycles. The first kappa shape index (κ1) is 13.3. The van der Waals surface area contributed by atoms with E-state index in [4.69, 9.17) is 4.74 Å². The van der Waals surface area contributed by atoms with Gasteiger partial charge in [-0.2, -0.15) is 0 Å². The van der Waals surface area contributed by atoms with Crippen molar-refractivity contribution in [1.82, 2.24) is 0 Å². The van der Waals surface area contributed by atoms with Crippen LogP contribution in [-0.2, 0) is 4.79 Å². The fraction of sp³-hybridized carbons (Fsp3) is 0.267. The van der Waals surface area contributed by atoms with Gasteiger partial charge in [-0.05, 0) is 67.1 Å². The first-order valence-electron chi connectivity index (χ1n) is 5.79. The zero-order valence-electron chi connectivity index (χ0n) is 10.7. The lowest BCUT2D eigenvalue weighted by atomic mass is 9.97. The SMILES string of the molecule is CC(C)(C)C(=O)Oc1ccc2c(I)ccccc1-2. The van der Waals surface area contributed by atoms with Crippen molar-refractivity contribution in [2.24, 2.45) is 5.41 Å². The number of carbonyl (C=O) groups is 1. The van der Waals surface area contributed by atoms with Gasteiger partial charge < -0.3 is 4.74 Å². The number of hydrogen-bond donors (Lipinski definition) is 0. The van der Waals surface area contributed by atoms with Crippen molar-refractivity contribution in [2.75, 3.05) is 0 Å². The Morgan fingerprint density at radius 2 is 1.72 bits per heavy atom. The van der Waals surface area contributed by atoms with E-state index >= 15 is 0 Å². The van der Waals surface area contributed by atoms with Crippen molar-refractivity contribution in [1.29, 1.82) is 0 Å². The monoisotopic (exact) mass is 354 g/mol. The molecule has 2 rings (SSSR count). The Labute approximate surface area is 121 Å². The summed E-state index contributed by atoms with van der Waals surface area (Å²) in [6.07, 6.45) is 0. The minimum atomic E-state index is -0.492. The maximum absolute atomic E-state index is 11.9. The fourth-order valence-corrected chi connectivity index (χ4v) is 2.25. The molecule has 0 radical (unpaired) electrons. The maximum Gasteiger partial charge on any atom is 0.316 e. The minimum Gasteiger partial charge on any atom is -0.425 e. The predicted molar refractivity (Wildman–Crippen MR) is 80.9 cm³/mol. The van der Waals surface area contributed by atoms with Gasteiger partial charge in [0.2, 0.25) is 0 Å². The summed E-state index contributed by atoms with van der Waals surface area (Å²) in [5.74, 6) is 0.426. The molecule has 0 aromatic rings. The van der Waals surface area contributed by atoms with Gasteiger partial charge in [0.1, 0.15) is 5.75 Å². The van der Waals surface area contributed by atoms with Gasteiger partial charge in [0.15, 0.2) is 0 Å². The molecule has 0 aromatic carbocycles. The molecule has 0 heterocycles. The van der Waals surface area contributed by atoms with E-state index in [1.807, 2.05) is 57.2 Å². The highest BCUT2D eigenvalue weighted by molar-refractivity contribution is 14.1. The largest absolute Gasteiger partial charge is 0.425 e. The van der Waals surface area contributed by atoms with E-state index in [0.29, 0.717) is 5.75 Å². The zero-order chi connectivity index (χ0) is 13.3. The van der Waals surface area contributed by atoms with Crippen LogP contribution in [0.25, 0.3) is 11.1 Å². The van der Waals surface area contributed by atoms with Crippen LogP contribution in [0.3, 0.4) is 0 Å². The van der Waals surface area contributed by atoms with Gasteiger partial charge in [0.25, 0.3) is 0 Å². The Bertz CT molecular complexity index is 555. The molecule has 0 aromatic heterocycles. The molecule has 0 spiro atoms. The Morgan fingerprint density at radius 3 is 2.39 bits per heavy atom. The topological polar surface area (TPSA) is 26.3 Å². The van der Waals surface area contributed by atoms with Crippen molar-refractivity contribution < 1.29 is 9.53 Å². The summed E-state index contributed by atoms with van der Waals surface area (Å²) >= 11 is 2.29. The van der Waals surface area contributed by atoms with E-state index in [9.17, 15) is 4.79 Å². The molecule has 0 unspecified atom stereocenters. The third kappa shape index (κ3) is 2.66. The van der Waals surface area contributed by atoms with Crippen LogP contribution in [-0.4, -0.2) is 5.97 Å². The standard InChI is InChI=1S/C15H15IO2/c1-15(2,3)14(17)18-13-9-8-10-11(13)6-4-5-7-12(10)16/h4-9H,1-3H3. The summed E-state index contributed by atoms with van der Waals surface area (Å²) in [6.45, 7) is 5.55. The highest BCUT2D eigenvalue weighted by atomic mass is 127. The third-order valence-electron chi connectivity index (χ3n) is 2.65. The van der Waals surface area contributed by atoms with Crippen molar-refractivity contribution in [3.63, 3.8) is 0 Å². The van der Waals surface area contributed by atoms with E-state index in [1.165, 1.54) is 0 Å². The Balaban J connectivity index is 2.37. The minimum absolute atomic E-state index is 0.212. The number of fused-ring (bicyclic) bond motifs is 1. The van der Waals surface area contributed by atoms with Crippen LogP contribution in [0.2, 0.25) is 0 Å². The second-order valence-corrected chi connectivity index (χ2v) is 6.39.